The molecule has 0 aromatic heterocycles. The van der Waals surface area contributed by atoms with Crippen molar-refractivity contribution in [3.05, 3.63) is 0 Å². The molecule has 0 aliphatic carbocycles. The van der Waals surface area contributed by atoms with Gasteiger partial charge in [0.15, 0.2) is 8.32 Å². The summed E-state index contributed by atoms with van der Waals surface area (Å²) in [6.07, 6.45) is -0.454. The summed E-state index contributed by atoms with van der Waals surface area (Å²) in [5.74, 6) is -0.175. The van der Waals surface area contributed by atoms with Crippen LogP contribution in [0.4, 0.5) is 4.79 Å². The van der Waals surface area contributed by atoms with Gasteiger partial charge in [0, 0.05) is 6.54 Å². The first kappa shape index (κ1) is 20.0. The van der Waals surface area contributed by atoms with Gasteiger partial charge >= 0.3 is 6.09 Å². The fourth-order valence-electron chi connectivity index (χ4n) is 1.91. The van der Waals surface area contributed by atoms with Crippen LogP contribution in [0.15, 0.2) is 0 Å². The first-order valence-corrected chi connectivity index (χ1v) is 11.0. The third kappa shape index (κ3) is 6.14. The Balaban J connectivity index is 2.65. The SMILES string of the molecule is CC(C)(C)OC(=O)N1CC(=O)NC(CO[Si](C)(C)C(C)(C)C)C1. The summed E-state index contributed by atoms with van der Waals surface area (Å²) in [7, 11) is -1.88. The molecule has 0 spiro atoms. The number of nitrogens with one attached hydrogen (secondary N) is 1. The van der Waals surface area contributed by atoms with Crippen molar-refractivity contribution in [2.75, 3.05) is 19.7 Å². The minimum Gasteiger partial charge on any atom is -0.444 e. The zero-order valence-electron chi connectivity index (χ0n) is 15.8. The van der Waals surface area contributed by atoms with Gasteiger partial charge in [-0.1, -0.05) is 20.8 Å². The zero-order valence-corrected chi connectivity index (χ0v) is 16.8. The van der Waals surface area contributed by atoms with E-state index in [0.29, 0.717) is 13.2 Å². The van der Waals surface area contributed by atoms with Crippen molar-refractivity contribution >= 4 is 20.3 Å². The van der Waals surface area contributed by atoms with E-state index < -0.39 is 20.0 Å². The van der Waals surface area contributed by atoms with Crippen LogP contribution >= 0.6 is 0 Å². The van der Waals surface area contributed by atoms with Crippen LogP contribution < -0.4 is 5.32 Å². The maximum absolute atomic E-state index is 12.2. The van der Waals surface area contributed by atoms with Crippen molar-refractivity contribution in [2.24, 2.45) is 0 Å². The molecule has 1 fully saturated rings. The quantitative estimate of drug-likeness (QED) is 0.799. The molecule has 1 atom stereocenters. The monoisotopic (exact) mass is 344 g/mol. The third-order valence-corrected chi connectivity index (χ3v) is 8.74. The molecular weight excluding hydrogens is 312 g/mol. The lowest BCUT2D eigenvalue weighted by atomic mass is 10.2. The van der Waals surface area contributed by atoms with Gasteiger partial charge < -0.3 is 14.5 Å². The molecule has 0 bridgehead atoms. The maximum Gasteiger partial charge on any atom is 0.410 e. The average Bonchev–Trinajstić information content (AvgIpc) is 2.32. The standard InChI is InChI=1S/C16H32N2O4Si/c1-15(2,3)22-14(20)18-9-12(17-13(19)10-18)11-21-23(7,8)16(4,5)6/h12H,9-11H2,1-8H3,(H,17,19). The molecule has 1 rings (SSSR count). The molecule has 0 aromatic rings. The van der Waals surface area contributed by atoms with E-state index in [4.69, 9.17) is 9.16 Å². The van der Waals surface area contributed by atoms with Gasteiger partial charge in [0.25, 0.3) is 0 Å². The number of rotatable bonds is 3. The predicted molar refractivity (Wildman–Crippen MR) is 92.9 cm³/mol. The lowest BCUT2D eigenvalue weighted by molar-refractivity contribution is -0.126. The Kier molecular flexibility index (Phi) is 5.91. The van der Waals surface area contributed by atoms with Crippen LogP contribution in [0.2, 0.25) is 18.1 Å². The Bertz CT molecular complexity index is 452. The molecule has 23 heavy (non-hydrogen) atoms. The highest BCUT2D eigenvalue weighted by molar-refractivity contribution is 6.74. The average molecular weight is 345 g/mol. The molecule has 134 valence electrons. The number of nitrogens with zero attached hydrogens (tertiary/aromatic N) is 1. The normalized spacial score (nSPS) is 20.3. The number of ether oxygens (including phenoxy) is 1. The fraction of sp³-hybridized carbons (Fsp3) is 0.875. The van der Waals surface area contributed by atoms with E-state index in [9.17, 15) is 9.59 Å². The molecule has 0 saturated carbocycles. The van der Waals surface area contributed by atoms with E-state index in [0.717, 1.165) is 0 Å². The van der Waals surface area contributed by atoms with E-state index in [1.807, 2.05) is 20.8 Å². The third-order valence-electron chi connectivity index (χ3n) is 4.24. The smallest absolute Gasteiger partial charge is 0.410 e. The largest absolute Gasteiger partial charge is 0.444 e. The first-order valence-electron chi connectivity index (χ1n) is 8.12. The predicted octanol–water partition coefficient (Wildman–Crippen LogP) is 2.74. The van der Waals surface area contributed by atoms with Crippen LogP contribution in [-0.4, -0.2) is 56.6 Å². The van der Waals surface area contributed by atoms with Crippen molar-refractivity contribution < 1.29 is 18.8 Å². The van der Waals surface area contributed by atoms with E-state index in [1.54, 1.807) is 0 Å². The van der Waals surface area contributed by atoms with E-state index in [-0.39, 0.29) is 23.5 Å². The van der Waals surface area contributed by atoms with Gasteiger partial charge in [-0.3, -0.25) is 9.69 Å². The minimum absolute atomic E-state index is 0.0332. The van der Waals surface area contributed by atoms with Crippen LogP contribution in [-0.2, 0) is 14.0 Å². The van der Waals surface area contributed by atoms with E-state index in [2.05, 4.69) is 39.2 Å². The Morgan fingerprint density at radius 1 is 1.26 bits per heavy atom. The van der Waals surface area contributed by atoms with Crippen LogP contribution in [0.25, 0.3) is 0 Å². The highest BCUT2D eigenvalue weighted by Gasteiger charge is 2.39. The van der Waals surface area contributed by atoms with Gasteiger partial charge in [-0.2, -0.15) is 0 Å². The Hall–Kier alpha value is -1.08. The van der Waals surface area contributed by atoms with Gasteiger partial charge in [-0.15, -0.1) is 0 Å². The van der Waals surface area contributed by atoms with Gasteiger partial charge in [-0.25, -0.2) is 4.79 Å². The topological polar surface area (TPSA) is 67.9 Å². The Morgan fingerprint density at radius 3 is 2.30 bits per heavy atom. The van der Waals surface area contributed by atoms with E-state index >= 15 is 0 Å². The molecular formula is C16H32N2O4Si. The number of hydrogen-bond donors (Lipinski definition) is 1. The van der Waals surface area contributed by atoms with Crippen molar-refractivity contribution in [1.82, 2.24) is 10.2 Å². The Morgan fingerprint density at radius 2 is 1.83 bits per heavy atom. The summed E-state index contributed by atoms with van der Waals surface area (Å²) in [4.78, 5) is 25.5. The molecule has 1 aliphatic rings. The van der Waals surface area contributed by atoms with E-state index in [1.165, 1.54) is 4.90 Å². The molecule has 1 unspecified atom stereocenters. The zero-order chi connectivity index (χ0) is 18.1. The summed E-state index contributed by atoms with van der Waals surface area (Å²) >= 11 is 0. The van der Waals surface area contributed by atoms with Gasteiger partial charge in [0.2, 0.25) is 5.91 Å². The number of piperazine rings is 1. The summed E-state index contributed by atoms with van der Waals surface area (Å²) in [5.41, 5.74) is -0.571. The number of carbonyl (C=O) groups is 2. The summed E-state index contributed by atoms with van der Waals surface area (Å²) in [6, 6.07) is -0.196. The van der Waals surface area contributed by atoms with Gasteiger partial charge in [0.05, 0.1) is 12.6 Å². The van der Waals surface area contributed by atoms with Crippen LogP contribution in [0.5, 0.6) is 0 Å². The second-order valence-electron chi connectivity index (χ2n) is 8.70. The molecule has 7 heteroatoms. The molecule has 1 aliphatic heterocycles. The highest BCUT2D eigenvalue weighted by atomic mass is 28.4. The van der Waals surface area contributed by atoms with Crippen molar-refractivity contribution in [3.63, 3.8) is 0 Å². The van der Waals surface area contributed by atoms with Crippen molar-refractivity contribution in [2.45, 2.75) is 71.3 Å². The summed E-state index contributed by atoms with van der Waals surface area (Å²) in [5, 5.41) is 3.00. The number of amides is 2. The highest BCUT2D eigenvalue weighted by Crippen LogP contribution is 2.36. The number of hydrogen-bond acceptors (Lipinski definition) is 4. The second-order valence-corrected chi connectivity index (χ2v) is 13.5. The lowest BCUT2D eigenvalue weighted by Crippen LogP contribution is -2.59. The molecule has 0 radical (unpaired) electrons. The fourth-order valence-corrected chi connectivity index (χ4v) is 2.96. The van der Waals surface area contributed by atoms with Crippen LogP contribution in [0.1, 0.15) is 41.5 Å². The second kappa shape index (κ2) is 6.81. The number of carbonyl (C=O) groups excluding carboxylic acids is 2. The van der Waals surface area contributed by atoms with Crippen LogP contribution in [0, 0.1) is 0 Å². The Labute approximate surface area is 141 Å². The van der Waals surface area contributed by atoms with Crippen molar-refractivity contribution in [3.8, 4) is 0 Å². The first-order chi connectivity index (χ1) is 10.2. The van der Waals surface area contributed by atoms with Gasteiger partial charge in [0.1, 0.15) is 12.1 Å². The molecule has 1 heterocycles. The summed E-state index contributed by atoms with van der Waals surface area (Å²) in [6.45, 7) is 17.2. The molecule has 2 amide bonds. The molecule has 1 N–H and O–H groups in total. The molecule has 1 saturated heterocycles. The molecule has 6 nitrogen and oxygen atoms in total. The van der Waals surface area contributed by atoms with Gasteiger partial charge in [-0.05, 0) is 38.9 Å². The minimum atomic E-state index is -1.88. The van der Waals surface area contributed by atoms with Crippen molar-refractivity contribution in [1.29, 1.82) is 0 Å². The lowest BCUT2D eigenvalue weighted by Gasteiger charge is -2.39. The molecule has 0 aromatic carbocycles. The summed E-state index contributed by atoms with van der Waals surface area (Å²) < 4.78 is 11.5. The van der Waals surface area contributed by atoms with Crippen LogP contribution in [0.3, 0.4) is 0 Å². The maximum atomic E-state index is 12.2.